The van der Waals surface area contributed by atoms with Gasteiger partial charge in [-0.15, -0.1) is 0 Å². The average Bonchev–Trinajstić information content (AvgIpc) is 2.78. The van der Waals surface area contributed by atoms with E-state index in [2.05, 4.69) is 10.6 Å². The lowest BCUT2D eigenvalue weighted by atomic mass is 9.86. The summed E-state index contributed by atoms with van der Waals surface area (Å²) in [5, 5.41) is 15.8. The van der Waals surface area contributed by atoms with Crippen LogP contribution >= 0.6 is 0 Å². The van der Waals surface area contributed by atoms with Crippen LogP contribution < -0.4 is 10.6 Å². The quantitative estimate of drug-likeness (QED) is 0.458. The van der Waals surface area contributed by atoms with Gasteiger partial charge in [-0.2, -0.15) is 0 Å². The molecule has 2 aromatic rings. The van der Waals surface area contributed by atoms with Crippen LogP contribution in [0.1, 0.15) is 73.9 Å². The molecule has 3 amide bonds. The van der Waals surface area contributed by atoms with Crippen molar-refractivity contribution in [3.63, 3.8) is 0 Å². The molecule has 38 heavy (non-hydrogen) atoms. The normalized spacial score (nSPS) is 15.2. The molecule has 8 heteroatoms. The maximum atomic E-state index is 14.2. The number of aliphatic hydroxyl groups is 1. The molecular weight excluding hydrogens is 482 g/mol. The highest BCUT2D eigenvalue weighted by molar-refractivity contribution is 6.00. The van der Waals surface area contributed by atoms with Gasteiger partial charge in [0.15, 0.2) is 0 Å². The van der Waals surface area contributed by atoms with Gasteiger partial charge >= 0.3 is 6.09 Å². The van der Waals surface area contributed by atoms with Gasteiger partial charge in [0.05, 0.1) is 6.61 Å². The number of carbonyl (C=O) groups excluding carboxylic acids is 3. The summed E-state index contributed by atoms with van der Waals surface area (Å²) < 4.78 is 5.33. The molecule has 2 aromatic carbocycles. The third-order valence-electron chi connectivity index (χ3n) is 6.97. The van der Waals surface area contributed by atoms with E-state index in [1.807, 2.05) is 64.1 Å². The molecule has 1 fully saturated rings. The topological polar surface area (TPSA) is 108 Å². The number of rotatable bonds is 8. The molecule has 0 radical (unpaired) electrons. The van der Waals surface area contributed by atoms with E-state index in [4.69, 9.17) is 4.74 Å². The second kappa shape index (κ2) is 12.0. The molecule has 3 rings (SSSR count). The lowest BCUT2D eigenvalue weighted by Gasteiger charge is -2.44. The van der Waals surface area contributed by atoms with Gasteiger partial charge in [0, 0.05) is 11.7 Å². The zero-order valence-corrected chi connectivity index (χ0v) is 23.6. The van der Waals surface area contributed by atoms with Gasteiger partial charge in [0.1, 0.15) is 17.7 Å². The Morgan fingerprint density at radius 3 is 1.95 bits per heavy atom. The first-order chi connectivity index (χ1) is 17.8. The molecular formula is C30H41N3O5. The van der Waals surface area contributed by atoms with Crippen LogP contribution in [0.5, 0.6) is 0 Å². The molecule has 0 spiro atoms. The fourth-order valence-electron chi connectivity index (χ4n) is 4.86. The Labute approximate surface area is 225 Å². The lowest BCUT2D eigenvalue weighted by molar-refractivity contribution is -0.146. The number of aryl methyl sites for hydroxylation is 4. The molecule has 206 valence electrons. The number of hydrogen-bond donors (Lipinski definition) is 3. The number of carbonyl (C=O) groups is 3. The minimum atomic E-state index is -1.26. The number of nitrogens with one attached hydrogen (secondary N) is 2. The van der Waals surface area contributed by atoms with Crippen molar-refractivity contribution in [2.24, 2.45) is 0 Å². The number of para-hydroxylation sites is 1. The second-order valence-electron chi connectivity index (χ2n) is 11.2. The Bertz CT molecular complexity index is 1140. The molecule has 0 aromatic heterocycles. The Morgan fingerprint density at radius 2 is 1.50 bits per heavy atom. The van der Waals surface area contributed by atoms with Crippen LogP contribution in [-0.2, 0) is 14.3 Å². The summed E-state index contributed by atoms with van der Waals surface area (Å²) in [6.45, 7) is 12.2. The smallest absolute Gasteiger partial charge is 0.408 e. The molecule has 0 bridgehead atoms. The van der Waals surface area contributed by atoms with Gasteiger partial charge in [-0.05, 0) is 95.5 Å². The Morgan fingerprint density at radius 1 is 0.974 bits per heavy atom. The average molecular weight is 524 g/mol. The Kier molecular flexibility index (Phi) is 9.20. The summed E-state index contributed by atoms with van der Waals surface area (Å²) in [4.78, 5) is 42.3. The zero-order chi connectivity index (χ0) is 28.2. The first-order valence-corrected chi connectivity index (χ1v) is 13.2. The second-order valence-corrected chi connectivity index (χ2v) is 11.2. The van der Waals surface area contributed by atoms with Crippen LogP contribution in [0.2, 0.25) is 0 Å². The first kappa shape index (κ1) is 29.2. The van der Waals surface area contributed by atoms with Crippen molar-refractivity contribution in [1.82, 2.24) is 10.2 Å². The zero-order valence-electron chi connectivity index (χ0n) is 23.6. The highest BCUT2D eigenvalue weighted by atomic mass is 16.6. The van der Waals surface area contributed by atoms with Gasteiger partial charge < -0.3 is 25.4 Å². The van der Waals surface area contributed by atoms with E-state index in [-0.39, 0.29) is 11.9 Å². The summed E-state index contributed by atoms with van der Waals surface area (Å²) in [6, 6.07) is 9.14. The lowest BCUT2D eigenvalue weighted by Crippen LogP contribution is -2.58. The van der Waals surface area contributed by atoms with Gasteiger partial charge in [0.25, 0.3) is 5.91 Å². The van der Waals surface area contributed by atoms with E-state index >= 15 is 0 Å². The van der Waals surface area contributed by atoms with E-state index in [0.717, 1.165) is 47.1 Å². The monoisotopic (exact) mass is 523 g/mol. The van der Waals surface area contributed by atoms with Crippen molar-refractivity contribution in [3.8, 4) is 0 Å². The number of hydrogen-bond acceptors (Lipinski definition) is 5. The molecule has 1 saturated carbocycles. The van der Waals surface area contributed by atoms with Crippen LogP contribution in [0.3, 0.4) is 0 Å². The van der Waals surface area contributed by atoms with E-state index in [0.29, 0.717) is 5.69 Å². The molecule has 8 nitrogen and oxygen atoms in total. The van der Waals surface area contributed by atoms with Gasteiger partial charge in [-0.1, -0.05) is 36.4 Å². The summed E-state index contributed by atoms with van der Waals surface area (Å²) >= 11 is 0. The number of ether oxygens (including phenoxy) is 1. The first-order valence-electron chi connectivity index (χ1n) is 13.2. The number of anilines is 1. The highest BCUT2D eigenvalue weighted by Gasteiger charge is 2.43. The maximum absolute atomic E-state index is 14.2. The van der Waals surface area contributed by atoms with Crippen LogP contribution in [0.4, 0.5) is 10.5 Å². The third kappa shape index (κ3) is 6.72. The SMILES string of the molecule is Cc1cccc(C)c1NC(=O)C(c1c(C)cccc1C)N(C(=O)C(CO)NC(=O)OC(C)(C)C)C1CCC1. The largest absolute Gasteiger partial charge is 0.444 e. The number of alkyl carbamates (subject to hydrolysis) is 1. The molecule has 0 saturated heterocycles. The van der Waals surface area contributed by atoms with Crippen LogP contribution in [0.25, 0.3) is 0 Å². The number of aliphatic hydroxyl groups excluding tert-OH is 1. The van der Waals surface area contributed by atoms with Crippen molar-refractivity contribution in [1.29, 1.82) is 0 Å². The van der Waals surface area contributed by atoms with Gasteiger partial charge in [-0.3, -0.25) is 9.59 Å². The fraction of sp³-hybridized carbons (Fsp3) is 0.500. The van der Waals surface area contributed by atoms with Crippen molar-refractivity contribution < 1.29 is 24.2 Å². The van der Waals surface area contributed by atoms with E-state index in [1.165, 1.54) is 0 Å². The van der Waals surface area contributed by atoms with Crippen molar-refractivity contribution in [3.05, 3.63) is 64.2 Å². The fourth-order valence-corrected chi connectivity index (χ4v) is 4.86. The Balaban J connectivity index is 2.07. The molecule has 1 aliphatic rings. The predicted octanol–water partition coefficient (Wildman–Crippen LogP) is 4.87. The van der Waals surface area contributed by atoms with E-state index < -0.39 is 36.3 Å². The van der Waals surface area contributed by atoms with Crippen molar-refractivity contribution in [2.45, 2.75) is 91.5 Å². The number of benzene rings is 2. The number of nitrogens with zero attached hydrogens (tertiary/aromatic N) is 1. The van der Waals surface area contributed by atoms with Crippen LogP contribution in [0.15, 0.2) is 36.4 Å². The molecule has 2 atom stereocenters. The summed E-state index contributed by atoms with van der Waals surface area (Å²) in [5.41, 5.74) is 4.27. The third-order valence-corrected chi connectivity index (χ3v) is 6.97. The summed E-state index contributed by atoms with van der Waals surface area (Å²) in [6.07, 6.45) is 1.58. The molecule has 0 aliphatic heterocycles. The molecule has 1 aliphatic carbocycles. The molecule has 0 heterocycles. The summed E-state index contributed by atoms with van der Waals surface area (Å²) in [7, 11) is 0. The standard InChI is InChI=1S/C30H41N3O5/c1-18-11-8-12-19(2)24(18)26(27(35)32-25-20(3)13-9-14-21(25)4)33(22-15-10-16-22)28(36)23(17-34)31-29(37)38-30(5,6)7/h8-9,11-14,22-23,26,34H,10,15-17H2,1-7H3,(H,31,37)(H,32,35). The molecule has 3 N–H and O–H groups in total. The minimum Gasteiger partial charge on any atom is -0.444 e. The van der Waals surface area contributed by atoms with Gasteiger partial charge in [0.2, 0.25) is 5.91 Å². The summed E-state index contributed by atoms with van der Waals surface area (Å²) in [5.74, 6) is -0.860. The maximum Gasteiger partial charge on any atom is 0.408 e. The van der Waals surface area contributed by atoms with E-state index in [1.54, 1.807) is 25.7 Å². The van der Waals surface area contributed by atoms with Crippen molar-refractivity contribution >= 4 is 23.6 Å². The minimum absolute atomic E-state index is 0.204. The number of amides is 3. The predicted molar refractivity (Wildman–Crippen MR) is 148 cm³/mol. The molecule has 2 unspecified atom stereocenters. The van der Waals surface area contributed by atoms with Crippen molar-refractivity contribution in [2.75, 3.05) is 11.9 Å². The van der Waals surface area contributed by atoms with Gasteiger partial charge in [-0.25, -0.2) is 4.79 Å². The van der Waals surface area contributed by atoms with E-state index in [9.17, 15) is 19.5 Å². The Hall–Kier alpha value is -3.39. The highest BCUT2D eigenvalue weighted by Crippen LogP contribution is 2.37. The van der Waals surface area contributed by atoms with Crippen LogP contribution in [0, 0.1) is 27.7 Å². The van der Waals surface area contributed by atoms with Crippen LogP contribution in [-0.4, -0.2) is 52.2 Å².